The number of nitrogens with zero attached hydrogens (tertiary/aromatic N) is 1. The van der Waals surface area contributed by atoms with Gasteiger partial charge in [0.1, 0.15) is 0 Å². The van der Waals surface area contributed by atoms with Gasteiger partial charge >= 0.3 is 0 Å². The number of nitrogens with one attached hydrogen (secondary N) is 1. The quantitative estimate of drug-likeness (QED) is 0.895. The smallest absolute Gasteiger partial charge is 0.241 e. The van der Waals surface area contributed by atoms with Crippen LogP contribution in [-0.2, 0) is 10.0 Å². The molecule has 1 heterocycles. The Bertz CT molecular complexity index is 513. The Hall–Kier alpha value is -1.01. The maximum absolute atomic E-state index is 13.4. The first-order valence-corrected chi connectivity index (χ1v) is 7.25. The molecule has 0 saturated heterocycles. The molecule has 1 aromatic heterocycles. The Morgan fingerprint density at radius 3 is 2.56 bits per heavy atom. The summed E-state index contributed by atoms with van der Waals surface area (Å²) in [5.74, 6) is -0.541. The van der Waals surface area contributed by atoms with Crippen LogP contribution in [0.25, 0.3) is 0 Å². The van der Waals surface area contributed by atoms with Crippen molar-refractivity contribution in [3.63, 3.8) is 0 Å². The van der Waals surface area contributed by atoms with E-state index in [-0.39, 0.29) is 12.0 Å². The Kier molecular flexibility index (Phi) is 4.45. The molecule has 0 aliphatic carbocycles. The molecule has 0 bridgehead atoms. The summed E-state index contributed by atoms with van der Waals surface area (Å²) in [6.45, 7) is 8.16. The fraction of sp³-hybridized carbons (Fsp3) is 0.583. The fourth-order valence-corrected chi connectivity index (χ4v) is 2.35. The van der Waals surface area contributed by atoms with Crippen LogP contribution in [0.5, 0.6) is 0 Å². The molecule has 0 aromatic carbocycles. The molecule has 0 aliphatic rings. The predicted octanol–water partition coefficient (Wildman–Crippen LogP) is 2.18. The molecule has 0 atom stereocenters. The topological polar surface area (TPSA) is 59.1 Å². The first-order valence-electron chi connectivity index (χ1n) is 5.77. The van der Waals surface area contributed by atoms with Gasteiger partial charge in [-0.25, -0.2) is 22.5 Å². The summed E-state index contributed by atoms with van der Waals surface area (Å²) in [5.41, 5.74) is -0.210. The van der Waals surface area contributed by atoms with Gasteiger partial charge in [-0.3, -0.25) is 0 Å². The van der Waals surface area contributed by atoms with E-state index in [0.717, 1.165) is 6.07 Å². The summed E-state index contributed by atoms with van der Waals surface area (Å²) >= 11 is 0. The zero-order chi connectivity index (χ0) is 14.0. The van der Waals surface area contributed by atoms with Crippen molar-refractivity contribution in [3.05, 3.63) is 24.1 Å². The highest BCUT2D eigenvalue weighted by Crippen LogP contribution is 2.25. The number of pyridine rings is 1. The van der Waals surface area contributed by atoms with Crippen molar-refractivity contribution in [3.8, 4) is 0 Å². The van der Waals surface area contributed by atoms with Gasteiger partial charge in [0, 0.05) is 12.7 Å². The summed E-state index contributed by atoms with van der Waals surface area (Å²) in [6.07, 6.45) is 1.26. The van der Waals surface area contributed by atoms with Crippen LogP contribution in [0.2, 0.25) is 0 Å². The van der Waals surface area contributed by atoms with Gasteiger partial charge < -0.3 is 0 Å². The van der Waals surface area contributed by atoms with Crippen LogP contribution in [0.1, 0.15) is 27.7 Å². The van der Waals surface area contributed by atoms with Crippen LogP contribution in [-0.4, -0.2) is 19.9 Å². The molecule has 102 valence electrons. The van der Waals surface area contributed by atoms with E-state index >= 15 is 0 Å². The van der Waals surface area contributed by atoms with E-state index in [4.69, 9.17) is 0 Å². The van der Waals surface area contributed by atoms with Crippen LogP contribution in [0.3, 0.4) is 0 Å². The fourth-order valence-electron chi connectivity index (χ4n) is 1.12. The summed E-state index contributed by atoms with van der Waals surface area (Å²) in [6, 6.07) is 2.43. The summed E-state index contributed by atoms with van der Waals surface area (Å²) in [4.78, 5) is 3.57. The summed E-state index contributed by atoms with van der Waals surface area (Å²) in [5, 5.41) is -0.551. The van der Waals surface area contributed by atoms with Gasteiger partial charge in [-0.2, -0.15) is 0 Å². The number of aromatic nitrogens is 1. The van der Waals surface area contributed by atoms with E-state index in [9.17, 15) is 12.8 Å². The lowest BCUT2D eigenvalue weighted by Crippen LogP contribution is -2.37. The molecule has 0 spiro atoms. The van der Waals surface area contributed by atoms with Gasteiger partial charge in [0.05, 0.1) is 0 Å². The molecular weight excluding hydrogens is 255 g/mol. The lowest BCUT2D eigenvalue weighted by molar-refractivity contribution is 0.252. The van der Waals surface area contributed by atoms with Crippen LogP contribution in [0.15, 0.2) is 23.4 Å². The largest absolute Gasteiger partial charge is 0.261 e. The van der Waals surface area contributed by atoms with Crippen LogP contribution < -0.4 is 4.72 Å². The molecule has 6 heteroatoms. The Balaban J connectivity index is 2.88. The molecule has 18 heavy (non-hydrogen) atoms. The number of halogens is 1. The van der Waals surface area contributed by atoms with E-state index in [1.54, 1.807) is 0 Å². The first-order chi connectivity index (χ1) is 8.17. The molecule has 0 amide bonds. The average Bonchev–Trinajstić information content (AvgIpc) is 2.27. The average molecular weight is 274 g/mol. The van der Waals surface area contributed by atoms with Gasteiger partial charge in [-0.05, 0) is 23.5 Å². The van der Waals surface area contributed by atoms with Crippen LogP contribution >= 0.6 is 0 Å². The van der Waals surface area contributed by atoms with E-state index in [2.05, 4.69) is 9.71 Å². The molecule has 0 saturated carbocycles. The SMILES string of the molecule is CC(C)C(C)(C)CNS(=O)(=O)c1ncccc1F. The minimum atomic E-state index is -3.89. The van der Waals surface area contributed by atoms with E-state index < -0.39 is 20.9 Å². The second kappa shape index (κ2) is 5.32. The monoisotopic (exact) mass is 274 g/mol. The summed E-state index contributed by atoms with van der Waals surface area (Å²) < 4.78 is 39.6. The molecule has 0 fully saturated rings. The maximum atomic E-state index is 13.4. The third kappa shape index (κ3) is 3.49. The highest BCUT2D eigenvalue weighted by atomic mass is 32.2. The molecule has 1 aromatic rings. The molecule has 4 nitrogen and oxygen atoms in total. The van der Waals surface area contributed by atoms with Crippen molar-refractivity contribution in [2.24, 2.45) is 11.3 Å². The Labute approximate surface area is 108 Å². The lowest BCUT2D eigenvalue weighted by Gasteiger charge is -2.29. The van der Waals surface area contributed by atoms with Crippen LogP contribution in [0.4, 0.5) is 4.39 Å². The third-order valence-corrected chi connectivity index (χ3v) is 4.59. The highest BCUT2D eigenvalue weighted by molar-refractivity contribution is 7.89. The first kappa shape index (κ1) is 15.0. The van der Waals surface area contributed by atoms with E-state index in [1.807, 2.05) is 27.7 Å². The lowest BCUT2D eigenvalue weighted by atomic mass is 9.81. The number of sulfonamides is 1. The molecule has 0 unspecified atom stereocenters. The molecule has 1 rings (SSSR count). The van der Waals surface area contributed by atoms with Crippen molar-refractivity contribution < 1.29 is 12.8 Å². The summed E-state index contributed by atoms with van der Waals surface area (Å²) in [7, 11) is -3.89. The normalized spacial score (nSPS) is 13.0. The zero-order valence-electron chi connectivity index (χ0n) is 11.1. The van der Waals surface area contributed by atoms with Crippen molar-refractivity contribution in [1.82, 2.24) is 9.71 Å². The second-order valence-corrected chi connectivity index (χ2v) is 6.94. The number of rotatable bonds is 5. The number of hydrogen-bond acceptors (Lipinski definition) is 3. The minimum absolute atomic E-state index is 0.210. The molecule has 0 radical (unpaired) electrons. The van der Waals surface area contributed by atoms with Gasteiger partial charge in [-0.1, -0.05) is 27.7 Å². The van der Waals surface area contributed by atoms with Crippen molar-refractivity contribution in [2.75, 3.05) is 6.54 Å². The standard InChI is InChI=1S/C12H19FN2O2S/c1-9(2)12(3,4)8-15-18(16,17)11-10(13)6-5-7-14-11/h5-7,9,15H,8H2,1-4H3. The minimum Gasteiger partial charge on any atom is -0.241 e. The van der Waals surface area contributed by atoms with Crippen molar-refractivity contribution in [2.45, 2.75) is 32.7 Å². The van der Waals surface area contributed by atoms with Gasteiger partial charge in [0.25, 0.3) is 10.0 Å². The van der Waals surface area contributed by atoms with Crippen molar-refractivity contribution >= 4 is 10.0 Å². The van der Waals surface area contributed by atoms with E-state index in [0.29, 0.717) is 5.92 Å². The molecular formula is C12H19FN2O2S. The zero-order valence-corrected chi connectivity index (χ0v) is 11.9. The highest BCUT2D eigenvalue weighted by Gasteiger charge is 2.27. The van der Waals surface area contributed by atoms with E-state index in [1.165, 1.54) is 12.3 Å². The number of hydrogen-bond donors (Lipinski definition) is 1. The Morgan fingerprint density at radius 2 is 2.06 bits per heavy atom. The van der Waals surface area contributed by atoms with Gasteiger partial charge in [-0.15, -0.1) is 0 Å². The van der Waals surface area contributed by atoms with Gasteiger partial charge in [0.2, 0.25) is 5.03 Å². The second-order valence-electron chi connectivity index (χ2n) is 5.26. The molecule has 1 N–H and O–H groups in total. The van der Waals surface area contributed by atoms with Crippen LogP contribution in [0, 0.1) is 17.2 Å². The van der Waals surface area contributed by atoms with Gasteiger partial charge in [0.15, 0.2) is 5.82 Å². The maximum Gasteiger partial charge on any atom is 0.261 e. The molecule has 0 aliphatic heterocycles. The predicted molar refractivity (Wildman–Crippen MR) is 68.0 cm³/mol. The van der Waals surface area contributed by atoms with Crippen molar-refractivity contribution in [1.29, 1.82) is 0 Å². The third-order valence-electron chi connectivity index (χ3n) is 3.26. The Morgan fingerprint density at radius 1 is 1.44 bits per heavy atom.